The average molecular weight is 341 g/mol. The maximum absolute atomic E-state index is 12.7. The van der Waals surface area contributed by atoms with Crippen LogP contribution in [0.25, 0.3) is 10.9 Å². The predicted octanol–water partition coefficient (Wildman–Crippen LogP) is 1.73. The lowest BCUT2D eigenvalue weighted by atomic mass is 10.0. The minimum absolute atomic E-state index is 0.0194. The second kappa shape index (κ2) is 6.12. The Balaban J connectivity index is 1.53. The highest BCUT2D eigenvalue weighted by atomic mass is 32.1. The molecule has 7 nitrogen and oxygen atoms in total. The van der Waals surface area contributed by atoms with Crippen molar-refractivity contribution >= 4 is 28.5 Å². The van der Waals surface area contributed by atoms with Crippen LogP contribution < -0.4 is 5.56 Å². The number of rotatable bonds is 2. The van der Waals surface area contributed by atoms with Gasteiger partial charge in [0.25, 0.3) is 11.5 Å². The second-order valence-corrected chi connectivity index (χ2v) is 6.35. The molecule has 3 heterocycles. The normalized spacial score (nSPS) is 15.8. The van der Waals surface area contributed by atoms with Gasteiger partial charge >= 0.3 is 0 Å². The van der Waals surface area contributed by atoms with Gasteiger partial charge in [-0.15, -0.1) is 0 Å². The summed E-state index contributed by atoms with van der Waals surface area (Å²) in [5.41, 5.74) is 1.08. The fraction of sp³-hybridized carbons (Fsp3) is 0.312. The summed E-state index contributed by atoms with van der Waals surface area (Å²) in [6, 6.07) is 7.42. The van der Waals surface area contributed by atoms with Gasteiger partial charge in [-0.3, -0.25) is 14.2 Å². The molecule has 0 unspecified atom stereocenters. The first-order valence-electron chi connectivity index (χ1n) is 7.77. The molecular formula is C16H15N5O2S. The molecule has 1 saturated heterocycles. The number of hydrogen-bond donors (Lipinski definition) is 0. The number of carbonyl (C=O) groups is 1. The van der Waals surface area contributed by atoms with Gasteiger partial charge in [0.1, 0.15) is 0 Å². The van der Waals surface area contributed by atoms with Crippen LogP contribution in [0.2, 0.25) is 0 Å². The molecule has 0 N–H and O–H groups in total. The van der Waals surface area contributed by atoms with Gasteiger partial charge in [-0.2, -0.15) is 8.75 Å². The molecule has 3 aromatic rings. The van der Waals surface area contributed by atoms with Crippen LogP contribution >= 0.6 is 11.7 Å². The Morgan fingerprint density at radius 3 is 2.75 bits per heavy atom. The lowest BCUT2D eigenvalue weighted by molar-refractivity contribution is 0.0688. The number of para-hydroxylation sites is 1. The van der Waals surface area contributed by atoms with Crippen LogP contribution in [0.4, 0.5) is 0 Å². The van der Waals surface area contributed by atoms with Gasteiger partial charge in [-0.05, 0) is 25.0 Å². The lowest BCUT2D eigenvalue weighted by Gasteiger charge is -2.32. The van der Waals surface area contributed by atoms with Gasteiger partial charge in [-0.25, -0.2) is 4.98 Å². The molecule has 1 aliphatic rings. The zero-order chi connectivity index (χ0) is 16.5. The second-order valence-electron chi connectivity index (χ2n) is 5.79. The van der Waals surface area contributed by atoms with Crippen LogP contribution in [0.5, 0.6) is 0 Å². The summed E-state index contributed by atoms with van der Waals surface area (Å²) in [7, 11) is 0. The molecule has 0 bridgehead atoms. The first kappa shape index (κ1) is 14.9. The van der Waals surface area contributed by atoms with E-state index in [0.717, 1.165) is 24.6 Å². The van der Waals surface area contributed by atoms with E-state index in [9.17, 15) is 9.59 Å². The molecule has 8 heteroatoms. The van der Waals surface area contributed by atoms with E-state index >= 15 is 0 Å². The van der Waals surface area contributed by atoms with Crippen LogP contribution in [0.15, 0.2) is 41.6 Å². The van der Waals surface area contributed by atoms with E-state index in [1.54, 1.807) is 21.9 Å². The van der Waals surface area contributed by atoms with Gasteiger partial charge in [0, 0.05) is 19.1 Å². The molecule has 24 heavy (non-hydrogen) atoms. The number of benzene rings is 1. The zero-order valence-corrected chi connectivity index (χ0v) is 13.6. The maximum Gasteiger partial charge on any atom is 0.275 e. The molecule has 0 radical (unpaired) electrons. The molecule has 1 amide bonds. The molecule has 0 spiro atoms. The summed E-state index contributed by atoms with van der Waals surface area (Å²) in [4.78, 5) is 31.1. The summed E-state index contributed by atoms with van der Waals surface area (Å²) in [5, 5.41) is 0.632. The van der Waals surface area contributed by atoms with Crippen LogP contribution in [0.1, 0.15) is 29.4 Å². The van der Waals surface area contributed by atoms with E-state index in [4.69, 9.17) is 0 Å². The number of amides is 1. The van der Waals surface area contributed by atoms with Crippen LogP contribution in [0.3, 0.4) is 0 Å². The molecule has 1 fully saturated rings. The summed E-state index contributed by atoms with van der Waals surface area (Å²) in [6.07, 6.45) is 4.57. The number of piperidine rings is 1. The van der Waals surface area contributed by atoms with Gasteiger partial charge < -0.3 is 4.90 Å². The quantitative estimate of drug-likeness (QED) is 0.709. The number of nitrogens with zero attached hydrogens (tertiary/aromatic N) is 5. The number of fused-ring (bicyclic) bond motifs is 1. The van der Waals surface area contributed by atoms with Crippen molar-refractivity contribution in [2.24, 2.45) is 0 Å². The summed E-state index contributed by atoms with van der Waals surface area (Å²) < 4.78 is 9.56. The van der Waals surface area contributed by atoms with Crippen molar-refractivity contribution in [2.75, 3.05) is 13.1 Å². The van der Waals surface area contributed by atoms with E-state index in [-0.39, 0.29) is 17.5 Å². The third-order valence-electron chi connectivity index (χ3n) is 4.42. The largest absolute Gasteiger partial charge is 0.337 e. The van der Waals surface area contributed by atoms with Crippen LogP contribution in [-0.4, -0.2) is 42.2 Å². The van der Waals surface area contributed by atoms with Gasteiger partial charge in [0.15, 0.2) is 5.69 Å². The summed E-state index contributed by atoms with van der Waals surface area (Å²) in [6.45, 7) is 1.20. The highest BCUT2D eigenvalue weighted by Gasteiger charge is 2.26. The van der Waals surface area contributed by atoms with Gasteiger partial charge in [0.2, 0.25) is 0 Å². The van der Waals surface area contributed by atoms with Crippen molar-refractivity contribution < 1.29 is 4.79 Å². The third-order valence-corrected chi connectivity index (χ3v) is 4.89. The Kier molecular flexibility index (Phi) is 3.81. The number of carbonyl (C=O) groups excluding carboxylic acids is 1. The van der Waals surface area contributed by atoms with E-state index in [1.165, 1.54) is 6.20 Å². The molecule has 122 valence electrons. The number of aromatic nitrogens is 4. The lowest BCUT2D eigenvalue weighted by Crippen LogP contribution is -2.41. The van der Waals surface area contributed by atoms with Crippen molar-refractivity contribution in [3.8, 4) is 0 Å². The summed E-state index contributed by atoms with van der Waals surface area (Å²) in [5.74, 6) is -0.0915. The fourth-order valence-corrected chi connectivity index (χ4v) is 3.52. The van der Waals surface area contributed by atoms with Crippen molar-refractivity contribution in [1.82, 2.24) is 23.2 Å². The Morgan fingerprint density at radius 1 is 1.21 bits per heavy atom. The molecule has 1 aromatic carbocycles. The topological polar surface area (TPSA) is 81.0 Å². The molecule has 1 aliphatic heterocycles. The minimum atomic E-state index is -0.0915. The predicted molar refractivity (Wildman–Crippen MR) is 90.1 cm³/mol. The van der Waals surface area contributed by atoms with Gasteiger partial charge in [-0.1, -0.05) is 12.1 Å². The smallest absolute Gasteiger partial charge is 0.275 e. The SMILES string of the molecule is O=C(c1cnsn1)N1CCC(n2cnc3ccccc3c2=O)CC1. The number of hydrogen-bond acceptors (Lipinski definition) is 6. The van der Waals surface area contributed by atoms with E-state index in [0.29, 0.717) is 29.7 Å². The Bertz CT molecular complexity index is 929. The average Bonchev–Trinajstić information content (AvgIpc) is 3.17. The Labute approximate surface area is 141 Å². The standard InChI is InChI=1S/C16H15N5O2S/c22-15-12-3-1-2-4-13(12)17-10-21(15)11-5-7-20(8-6-11)16(23)14-9-18-24-19-14/h1-4,9-11H,5-8H2. The van der Waals surface area contributed by atoms with E-state index in [1.807, 2.05) is 18.2 Å². The highest BCUT2D eigenvalue weighted by Crippen LogP contribution is 2.22. The Hall–Kier alpha value is -2.61. The molecule has 0 atom stereocenters. The third kappa shape index (κ3) is 2.58. The van der Waals surface area contributed by atoms with Crippen LogP contribution in [-0.2, 0) is 0 Å². The Morgan fingerprint density at radius 2 is 2.00 bits per heavy atom. The molecule has 0 aliphatic carbocycles. The maximum atomic E-state index is 12.7. The summed E-state index contributed by atoms with van der Waals surface area (Å²) >= 11 is 1.03. The monoisotopic (exact) mass is 341 g/mol. The number of likely N-dealkylation sites (tertiary alicyclic amines) is 1. The molecule has 2 aromatic heterocycles. The minimum Gasteiger partial charge on any atom is -0.337 e. The molecule has 0 saturated carbocycles. The first-order chi connectivity index (χ1) is 11.7. The molecule has 4 rings (SSSR count). The van der Waals surface area contributed by atoms with E-state index < -0.39 is 0 Å². The van der Waals surface area contributed by atoms with Crippen molar-refractivity contribution in [1.29, 1.82) is 0 Å². The van der Waals surface area contributed by atoms with E-state index in [2.05, 4.69) is 13.7 Å². The van der Waals surface area contributed by atoms with Crippen molar-refractivity contribution in [3.63, 3.8) is 0 Å². The van der Waals surface area contributed by atoms with Crippen molar-refractivity contribution in [3.05, 3.63) is 52.8 Å². The van der Waals surface area contributed by atoms with Crippen molar-refractivity contribution in [2.45, 2.75) is 18.9 Å². The van der Waals surface area contributed by atoms with Gasteiger partial charge in [0.05, 0.1) is 35.2 Å². The fourth-order valence-electron chi connectivity index (χ4n) is 3.11. The first-order valence-corrected chi connectivity index (χ1v) is 8.50. The molecular weight excluding hydrogens is 326 g/mol. The highest BCUT2D eigenvalue weighted by molar-refractivity contribution is 6.99. The van der Waals surface area contributed by atoms with Crippen LogP contribution in [0, 0.1) is 0 Å². The zero-order valence-electron chi connectivity index (χ0n) is 12.8.